The predicted molar refractivity (Wildman–Crippen MR) is 102 cm³/mol. The average molecular weight is 373 g/mol. The highest BCUT2D eigenvalue weighted by Crippen LogP contribution is 2.33. The number of nitrogens with one attached hydrogen (secondary N) is 1. The summed E-state index contributed by atoms with van der Waals surface area (Å²) in [6, 6.07) is 7.43. The first-order chi connectivity index (χ1) is 13.1. The second-order valence-electron chi connectivity index (χ2n) is 6.78. The second kappa shape index (κ2) is 9.01. The van der Waals surface area contributed by atoms with Crippen molar-refractivity contribution in [1.29, 1.82) is 0 Å². The maximum absolute atomic E-state index is 12.0. The number of piperidine rings is 1. The maximum Gasteiger partial charge on any atom is 0.251 e. The van der Waals surface area contributed by atoms with Crippen molar-refractivity contribution in [1.82, 2.24) is 14.9 Å². The van der Waals surface area contributed by atoms with Gasteiger partial charge in [-0.3, -0.25) is 9.69 Å². The fourth-order valence-corrected chi connectivity index (χ4v) is 3.69. The summed E-state index contributed by atoms with van der Waals surface area (Å²) in [5.41, 5.74) is 1.63. The average Bonchev–Trinajstić information content (AvgIpc) is 2.68. The molecule has 1 aliphatic heterocycles. The van der Waals surface area contributed by atoms with Gasteiger partial charge in [0.2, 0.25) is 0 Å². The Morgan fingerprint density at radius 3 is 2.85 bits per heavy atom. The Labute approximate surface area is 159 Å². The molecule has 0 radical (unpaired) electrons. The zero-order valence-corrected chi connectivity index (χ0v) is 16.2. The van der Waals surface area contributed by atoms with Gasteiger partial charge < -0.3 is 19.2 Å². The minimum atomic E-state index is -0.126. The van der Waals surface area contributed by atoms with Crippen molar-refractivity contribution in [2.45, 2.75) is 31.9 Å². The van der Waals surface area contributed by atoms with Crippen LogP contribution in [-0.4, -0.2) is 49.3 Å². The van der Waals surface area contributed by atoms with E-state index in [4.69, 9.17) is 14.2 Å². The first-order valence-corrected chi connectivity index (χ1v) is 9.16. The lowest BCUT2D eigenvalue weighted by Gasteiger charge is -2.32. The minimum Gasteiger partial charge on any atom is -0.493 e. The summed E-state index contributed by atoms with van der Waals surface area (Å²) < 4.78 is 16.1. The van der Waals surface area contributed by atoms with E-state index in [9.17, 15) is 4.79 Å². The molecule has 1 unspecified atom stereocenters. The third-order valence-electron chi connectivity index (χ3n) is 4.88. The number of ether oxygens (including phenoxy) is 3. The first kappa shape index (κ1) is 19.4. The van der Waals surface area contributed by atoms with Crippen LogP contribution in [0.15, 0.2) is 29.1 Å². The summed E-state index contributed by atoms with van der Waals surface area (Å²) in [7, 11) is 4.91. The fourth-order valence-electron chi connectivity index (χ4n) is 3.69. The lowest BCUT2D eigenvalue weighted by Crippen LogP contribution is -2.35. The molecule has 0 bridgehead atoms. The van der Waals surface area contributed by atoms with E-state index in [0.29, 0.717) is 12.3 Å². The van der Waals surface area contributed by atoms with Gasteiger partial charge in [0, 0.05) is 37.7 Å². The topological polar surface area (TPSA) is 76.7 Å². The Balaban J connectivity index is 1.76. The first-order valence-electron chi connectivity index (χ1n) is 9.16. The molecule has 2 heterocycles. The summed E-state index contributed by atoms with van der Waals surface area (Å²) in [5, 5.41) is 0. The fraction of sp³-hybridized carbons (Fsp3) is 0.500. The van der Waals surface area contributed by atoms with Gasteiger partial charge in [-0.05, 0) is 25.5 Å². The quantitative estimate of drug-likeness (QED) is 0.803. The van der Waals surface area contributed by atoms with E-state index >= 15 is 0 Å². The molecule has 0 spiro atoms. The van der Waals surface area contributed by atoms with E-state index < -0.39 is 0 Å². The van der Waals surface area contributed by atoms with Crippen LogP contribution in [-0.2, 0) is 17.9 Å². The van der Waals surface area contributed by atoms with Crippen LogP contribution in [0.4, 0.5) is 0 Å². The molecule has 1 aromatic heterocycles. The maximum atomic E-state index is 12.0. The molecule has 27 heavy (non-hydrogen) atoms. The number of aromatic amines is 1. The van der Waals surface area contributed by atoms with Crippen molar-refractivity contribution < 1.29 is 14.2 Å². The highest BCUT2D eigenvalue weighted by molar-refractivity contribution is 5.46. The number of methoxy groups -OCH3 is 3. The summed E-state index contributed by atoms with van der Waals surface area (Å²) in [4.78, 5) is 21.8. The normalized spacial score (nSPS) is 17.7. The molecule has 1 N–H and O–H groups in total. The number of para-hydroxylation sites is 1. The van der Waals surface area contributed by atoms with Crippen molar-refractivity contribution >= 4 is 0 Å². The van der Waals surface area contributed by atoms with E-state index in [2.05, 4.69) is 20.9 Å². The van der Waals surface area contributed by atoms with Crippen LogP contribution in [0.2, 0.25) is 0 Å². The SMILES string of the molecule is COCc1cc(=O)[nH]c(C2CCCN(Cc3cccc(OC)c3OC)C2)n1. The lowest BCUT2D eigenvalue weighted by molar-refractivity contribution is 0.178. The molecular formula is C20H27N3O4. The van der Waals surface area contributed by atoms with Gasteiger partial charge in [0.25, 0.3) is 5.56 Å². The van der Waals surface area contributed by atoms with Crippen molar-refractivity contribution in [3.63, 3.8) is 0 Å². The van der Waals surface area contributed by atoms with Gasteiger partial charge in [-0.15, -0.1) is 0 Å². The van der Waals surface area contributed by atoms with E-state index in [1.54, 1.807) is 21.3 Å². The molecule has 0 saturated carbocycles. The number of hydrogen-bond acceptors (Lipinski definition) is 6. The van der Waals surface area contributed by atoms with Gasteiger partial charge >= 0.3 is 0 Å². The van der Waals surface area contributed by atoms with Gasteiger partial charge in [0.15, 0.2) is 11.5 Å². The molecule has 7 heteroatoms. The number of nitrogens with zero attached hydrogens (tertiary/aromatic N) is 2. The molecule has 1 saturated heterocycles. The smallest absolute Gasteiger partial charge is 0.251 e. The molecule has 1 aliphatic rings. The number of rotatable bonds is 7. The van der Waals surface area contributed by atoms with Crippen molar-refractivity contribution in [2.75, 3.05) is 34.4 Å². The van der Waals surface area contributed by atoms with Crippen LogP contribution >= 0.6 is 0 Å². The summed E-state index contributed by atoms with van der Waals surface area (Å²) >= 11 is 0. The molecule has 7 nitrogen and oxygen atoms in total. The zero-order valence-electron chi connectivity index (χ0n) is 16.2. The van der Waals surface area contributed by atoms with Crippen molar-refractivity contribution in [3.8, 4) is 11.5 Å². The molecule has 146 valence electrons. The van der Waals surface area contributed by atoms with Crippen LogP contribution in [0.25, 0.3) is 0 Å². The van der Waals surface area contributed by atoms with Crippen LogP contribution < -0.4 is 15.0 Å². The third kappa shape index (κ3) is 4.67. The zero-order chi connectivity index (χ0) is 19.2. The minimum absolute atomic E-state index is 0.126. The van der Waals surface area contributed by atoms with Gasteiger partial charge in [-0.1, -0.05) is 12.1 Å². The second-order valence-corrected chi connectivity index (χ2v) is 6.78. The molecule has 1 fully saturated rings. The Morgan fingerprint density at radius 1 is 1.26 bits per heavy atom. The number of likely N-dealkylation sites (tertiary alicyclic amines) is 1. The van der Waals surface area contributed by atoms with E-state index in [1.807, 2.05) is 12.1 Å². The molecule has 1 aromatic carbocycles. The molecule has 2 aromatic rings. The van der Waals surface area contributed by atoms with Gasteiger partial charge in [0.1, 0.15) is 5.82 Å². The van der Waals surface area contributed by atoms with Crippen LogP contribution in [0, 0.1) is 0 Å². The Hall–Kier alpha value is -2.38. The summed E-state index contributed by atoms with van der Waals surface area (Å²) in [5.74, 6) is 2.45. The lowest BCUT2D eigenvalue weighted by atomic mass is 9.96. The van der Waals surface area contributed by atoms with Crippen LogP contribution in [0.5, 0.6) is 11.5 Å². The van der Waals surface area contributed by atoms with Crippen LogP contribution in [0.3, 0.4) is 0 Å². The molecular weight excluding hydrogens is 346 g/mol. The number of H-pyrrole nitrogens is 1. The standard InChI is InChI=1S/C20H27N3O4/c1-25-13-16-10-18(24)22-20(21-16)15-7-5-9-23(12-15)11-14-6-4-8-17(26-2)19(14)27-3/h4,6,8,10,15H,5,7,9,11-13H2,1-3H3,(H,21,22,24). The summed E-state index contributed by atoms with van der Waals surface area (Å²) in [6.07, 6.45) is 2.06. The number of benzene rings is 1. The van der Waals surface area contributed by atoms with Gasteiger partial charge in [-0.25, -0.2) is 4.98 Å². The van der Waals surface area contributed by atoms with Gasteiger partial charge in [-0.2, -0.15) is 0 Å². The largest absolute Gasteiger partial charge is 0.493 e. The molecule has 1 atom stereocenters. The Morgan fingerprint density at radius 2 is 2.11 bits per heavy atom. The number of hydrogen-bond donors (Lipinski definition) is 1. The highest BCUT2D eigenvalue weighted by atomic mass is 16.5. The van der Waals surface area contributed by atoms with Gasteiger partial charge in [0.05, 0.1) is 26.5 Å². The summed E-state index contributed by atoms with van der Waals surface area (Å²) in [6.45, 7) is 2.94. The molecule has 3 rings (SSSR count). The Kier molecular flexibility index (Phi) is 6.47. The highest BCUT2D eigenvalue weighted by Gasteiger charge is 2.24. The van der Waals surface area contributed by atoms with E-state index in [1.165, 1.54) is 6.07 Å². The molecule has 0 amide bonds. The monoisotopic (exact) mass is 373 g/mol. The van der Waals surface area contributed by atoms with Crippen molar-refractivity contribution in [2.24, 2.45) is 0 Å². The van der Waals surface area contributed by atoms with E-state index in [0.717, 1.165) is 55.4 Å². The van der Waals surface area contributed by atoms with E-state index in [-0.39, 0.29) is 11.5 Å². The van der Waals surface area contributed by atoms with Crippen LogP contribution in [0.1, 0.15) is 35.8 Å². The third-order valence-corrected chi connectivity index (χ3v) is 4.88. The predicted octanol–water partition coefficient (Wildman–Crippen LogP) is 2.31. The van der Waals surface area contributed by atoms with Crippen molar-refractivity contribution in [3.05, 3.63) is 51.7 Å². The Bertz CT molecular complexity index is 821. The number of aromatic nitrogens is 2. The molecule has 0 aliphatic carbocycles.